The summed E-state index contributed by atoms with van der Waals surface area (Å²) in [6, 6.07) is 0. The summed E-state index contributed by atoms with van der Waals surface area (Å²) in [5, 5.41) is 0. The van der Waals surface area contributed by atoms with E-state index in [-0.39, 0.29) is 0 Å². The molecule has 14 heavy (non-hydrogen) atoms. The van der Waals surface area contributed by atoms with E-state index in [0.717, 1.165) is 11.3 Å². The molecule has 0 radical (unpaired) electrons. The third kappa shape index (κ3) is 3.60. The highest BCUT2D eigenvalue weighted by Crippen LogP contribution is 2.07. The Labute approximate surface area is 94.3 Å². The Morgan fingerprint density at radius 2 is 2.00 bits per heavy atom. The molecule has 2 nitrogen and oxygen atoms in total. The lowest BCUT2D eigenvalue weighted by molar-refractivity contribution is 1.04. The predicted octanol–water partition coefficient (Wildman–Crippen LogP) is 2.78. The summed E-state index contributed by atoms with van der Waals surface area (Å²) < 4.78 is 0.619. The molecule has 0 saturated carbocycles. The topological polar surface area (TPSA) is 25.8 Å². The first-order valence-electron chi connectivity index (χ1n) is 4.41. The first-order chi connectivity index (χ1) is 6.38. The van der Waals surface area contributed by atoms with Crippen molar-refractivity contribution >= 4 is 24.0 Å². The van der Waals surface area contributed by atoms with Gasteiger partial charge < -0.3 is 0 Å². The molecule has 1 heterocycles. The van der Waals surface area contributed by atoms with E-state index < -0.39 is 8.07 Å². The minimum Gasteiger partial charge on any atom is -0.229 e. The van der Waals surface area contributed by atoms with E-state index in [0.29, 0.717) is 4.73 Å². The van der Waals surface area contributed by atoms with Crippen LogP contribution < -0.4 is 0 Å². The Bertz CT molecular complexity index is 399. The number of aromatic nitrogens is 2. The van der Waals surface area contributed by atoms with E-state index in [2.05, 4.69) is 57.0 Å². The number of aryl methyl sites for hydroxylation is 1. The molecule has 1 rings (SSSR count). The van der Waals surface area contributed by atoms with Crippen LogP contribution in [-0.2, 0) is 0 Å². The van der Waals surface area contributed by atoms with Gasteiger partial charge in [0, 0.05) is 6.20 Å². The van der Waals surface area contributed by atoms with Gasteiger partial charge in [0.15, 0.2) is 4.73 Å². The van der Waals surface area contributed by atoms with Gasteiger partial charge in [0.25, 0.3) is 0 Å². The molecular weight excluding hydrogens is 256 g/mol. The Balaban J connectivity index is 3.02. The molecule has 0 saturated heterocycles. The molecule has 0 spiro atoms. The van der Waals surface area contributed by atoms with Crippen molar-refractivity contribution in [2.75, 3.05) is 0 Å². The van der Waals surface area contributed by atoms with Gasteiger partial charge >= 0.3 is 0 Å². The van der Waals surface area contributed by atoms with E-state index >= 15 is 0 Å². The average Bonchev–Trinajstić information content (AvgIpc) is 2.00. The molecule has 0 aliphatic carbocycles. The van der Waals surface area contributed by atoms with Crippen molar-refractivity contribution in [3.8, 4) is 11.5 Å². The van der Waals surface area contributed by atoms with Crippen LogP contribution in [0.4, 0.5) is 0 Å². The van der Waals surface area contributed by atoms with Gasteiger partial charge in [0.1, 0.15) is 8.07 Å². The Hall–Kier alpha value is -0.663. The Kier molecular flexibility index (Phi) is 3.46. The highest BCUT2D eigenvalue weighted by molar-refractivity contribution is 9.10. The second-order valence-corrected chi connectivity index (χ2v) is 9.60. The molecular formula is C10H13BrN2Si. The number of hydrogen-bond donors (Lipinski definition) is 0. The van der Waals surface area contributed by atoms with Gasteiger partial charge in [-0.1, -0.05) is 25.6 Å². The number of halogens is 1. The van der Waals surface area contributed by atoms with Crippen molar-refractivity contribution < 1.29 is 0 Å². The van der Waals surface area contributed by atoms with Crippen LogP contribution in [0.1, 0.15) is 11.3 Å². The zero-order chi connectivity index (χ0) is 10.8. The van der Waals surface area contributed by atoms with Crippen molar-refractivity contribution in [3.05, 3.63) is 22.2 Å². The standard InChI is InChI=1S/C10H13BrN2Si/c1-8-9(5-6-14(2,3)4)7-12-10(11)13-8/h7H,1-4H3. The van der Waals surface area contributed by atoms with Gasteiger partial charge in [0.05, 0.1) is 11.3 Å². The van der Waals surface area contributed by atoms with E-state index in [1.807, 2.05) is 6.92 Å². The summed E-state index contributed by atoms with van der Waals surface area (Å²) in [4.78, 5) is 8.25. The van der Waals surface area contributed by atoms with Crippen LogP contribution in [0.5, 0.6) is 0 Å². The molecule has 0 bridgehead atoms. The fraction of sp³-hybridized carbons (Fsp3) is 0.400. The van der Waals surface area contributed by atoms with Crippen molar-refractivity contribution in [3.63, 3.8) is 0 Å². The summed E-state index contributed by atoms with van der Waals surface area (Å²) in [7, 11) is -1.30. The number of rotatable bonds is 0. The molecule has 0 unspecified atom stereocenters. The van der Waals surface area contributed by atoms with Crippen molar-refractivity contribution in [2.45, 2.75) is 26.6 Å². The summed E-state index contributed by atoms with van der Waals surface area (Å²) in [5.41, 5.74) is 5.15. The Morgan fingerprint density at radius 3 is 2.50 bits per heavy atom. The van der Waals surface area contributed by atoms with Gasteiger partial charge in [-0.3, -0.25) is 0 Å². The molecule has 4 heteroatoms. The van der Waals surface area contributed by atoms with Gasteiger partial charge in [-0.25, -0.2) is 9.97 Å². The second-order valence-electron chi connectivity index (χ2n) is 4.14. The zero-order valence-corrected chi connectivity index (χ0v) is 11.4. The fourth-order valence-electron chi connectivity index (χ4n) is 0.816. The van der Waals surface area contributed by atoms with E-state index in [1.165, 1.54) is 0 Å². The SMILES string of the molecule is Cc1nc(Br)ncc1C#C[Si](C)(C)C. The third-order valence-electron chi connectivity index (χ3n) is 1.52. The maximum Gasteiger partial charge on any atom is 0.196 e. The van der Waals surface area contributed by atoms with E-state index in [9.17, 15) is 0 Å². The molecule has 0 fully saturated rings. The lowest BCUT2D eigenvalue weighted by Gasteiger charge is -2.03. The molecule has 1 aromatic rings. The molecule has 0 aromatic carbocycles. The molecule has 0 amide bonds. The molecule has 0 aliphatic rings. The van der Waals surface area contributed by atoms with Gasteiger partial charge in [-0.05, 0) is 22.9 Å². The first-order valence-corrected chi connectivity index (χ1v) is 8.70. The first kappa shape index (κ1) is 11.4. The van der Waals surface area contributed by atoms with Crippen LogP contribution in [0.3, 0.4) is 0 Å². The van der Waals surface area contributed by atoms with Crippen molar-refractivity contribution in [1.29, 1.82) is 0 Å². The van der Waals surface area contributed by atoms with Crippen LogP contribution in [0, 0.1) is 18.4 Å². The molecule has 1 aromatic heterocycles. The van der Waals surface area contributed by atoms with Crippen LogP contribution in [0.15, 0.2) is 10.9 Å². The van der Waals surface area contributed by atoms with Gasteiger partial charge in [-0.15, -0.1) is 5.54 Å². The molecule has 0 atom stereocenters. The van der Waals surface area contributed by atoms with Gasteiger partial charge in [-0.2, -0.15) is 0 Å². The predicted molar refractivity (Wildman–Crippen MR) is 64.7 cm³/mol. The number of nitrogens with zero attached hydrogens (tertiary/aromatic N) is 2. The zero-order valence-electron chi connectivity index (χ0n) is 8.85. The molecule has 0 aliphatic heterocycles. The largest absolute Gasteiger partial charge is 0.229 e. The smallest absolute Gasteiger partial charge is 0.196 e. The lowest BCUT2D eigenvalue weighted by Crippen LogP contribution is -2.16. The highest BCUT2D eigenvalue weighted by Gasteiger charge is 2.08. The highest BCUT2D eigenvalue weighted by atomic mass is 79.9. The third-order valence-corrected chi connectivity index (χ3v) is 2.78. The summed E-state index contributed by atoms with van der Waals surface area (Å²) >= 11 is 3.23. The summed E-state index contributed by atoms with van der Waals surface area (Å²) in [5.74, 6) is 3.15. The fourth-order valence-corrected chi connectivity index (χ4v) is 1.69. The van der Waals surface area contributed by atoms with Crippen LogP contribution in [0.2, 0.25) is 19.6 Å². The quantitative estimate of drug-likeness (QED) is 0.411. The van der Waals surface area contributed by atoms with Crippen molar-refractivity contribution in [1.82, 2.24) is 9.97 Å². The van der Waals surface area contributed by atoms with Gasteiger partial charge in [0.2, 0.25) is 0 Å². The van der Waals surface area contributed by atoms with E-state index in [1.54, 1.807) is 6.20 Å². The molecule has 74 valence electrons. The van der Waals surface area contributed by atoms with E-state index in [4.69, 9.17) is 0 Å². The monoisotopic (exact) mass is 268 g/mol. The minimum atomic E-state index is -1.30. The van der Waals surface area contributed by atoms with Crippen LogP contribution in [-0.4, -0.2) is 18.0 Å². The second kappa shape index (κ2) is 4.24. The molecule has 0 N–H and O–H groups in total. The van der Waals surface area contributed by atoms with Crippen LogP contribution >= 0.6 is 15.9 Å². The maximum atomic E-state index is 4.19. The van der Waals surface area contributed by atoms with Crippen LogP contribution in [0.25, 0.3) is 0 Å². The summed E-state index contributed by atoms with van der Waals surface area (Å²) in [6.07, 6.45) is 1.76. The number of hydrogen-bond acceptors (Lipinski definition) is 2. The lowest BCUT2D eigenvalue weighted by atomic mass is 10.3. The minimum absolute atomic E-state index is 0.619. The Morgan fingerprint density at radius 1 is 1.36 bits per heavy atom. The average molecular weight is 269 g/mol. The maximum absolute atomic E-state index is 4.19. The summed E-state index contributed by atoms with van der Waals surface area (Å²) in [6.45, 7) is 8.60. The van der Waals surface area contributed by atoms with Crippen molar-refractivity contribution in [2.24, 2.45) is 0 Å². The normalized spacial score (nSPS) is 10.6.